The molecule has 7 aromatic rings. The van der Waals surface area contributed by atoms with E-state index in [1.165, 1.54) is 6.07 Å². The van der Waals surface area contributed by atoms with Gasteiger partial charge < -0.3 is 0 Å². The normalized spacial score (nSPS) is 13.4. The Bertz CT molecular complexity index is 2880. The highest BCUT2D eigenvalue weighted by Gasteiger charge is 2.47. The zero-order chi connectivity index (χ0) is 57.9. The number of non-ortho nitro benzene ring substituents is 1. The van der Waals surface area contributed by atoms with Gasteiger partial charge in [0.15, 0.2) is 12.7 Å². The molecule has 0 aliphatic carbocycles. The van der Waals surface area contributed by atoms with Crippen molar-refractivity contribution in [3.05, 3.63) is 200 Å². The maximum atomic E-state index is 14.2. The smallest absolute Gasteiger partial charge is 0.258 e. The van der Waals surface area contributed by atoms with Gasteiger partial charge >= 0.3 is 49.4 Å². The Balaban J connectivity index is 0.000000397. The number of alkyl halides is 24. The number of nitro groups is 1. The van der Waals surface area contributed by atoms with E-state index in [-0.39, 0.29) is 10.6 Å². The van der Waals surface area contributed by atoms with Crippen LogP contribution in [0.25, 0.3) is 10.9 Å². The Hall–Kier alpha value is -7.49. The van der Waals surface area contributed by atoms with Crippen molar-refractivity contribution in [2.24, 2.45) is 0 Å². The minimum atomic E-state index is -6.13. The summed E-state index contributed by atoms with van der Waals surface area (Å²) < 4.78 is 343. The molecule has 1 aromatic heterocycles. The first kappa shape index (κ1) is 58.8. The van der Waals surface area contributed by atoms with Crippen LogP contribution in [0.15, 0.2) is 140 Å². The van der Waals surface area contributed by atoms with Crippen molar-refractivity contribution in [3.63, 3.8) is 0 Å². The van der Waals surface area contributed by atoms with Gasteiger partial charge in [0, 0.05) is 23.8 Å². The molecule has 0 radical (unpaired) electrons. The average molecular weight is 1130 g/mol. The fraction of sp³-hybridized carbons (Fsp3) is 0.188. The Morgan fingerprint density at radius 1 is 0.364 bits per heavy atom. The summed E-state index contributed by atoms with van der Waals surface area (Å²) >= 11 is 0. The summed E-state index contributed by atoms with van der Waals surface area (Å²) in [6, 6.07) is 10.0. The molecule has 0 spiro atoms. The van der Waals surface area contributed by atoms with Gasteiger partial charge in [-0.25, -0.2) is 0 Å². The molecule has 0 N–H and O–H groups in total. The van der Waals surface area contributed by atoms with Crippen LogP contribution in [-0.4, -0.2) is 11.1 Å². The molecule has 29 heteroatoms. The zero-order valence-corrected chi connectivity index (χ0v) is 37.3. The second kappa shape index (κ2) is 20.1. The van der Waals surface area contributed by atoms with Crippen LogP contribution in [0.4, 0.5) is 111 Å². The number of halogens is 24. The van der Waals surface area contributed by atoms with E-state index in [9.17, 15) is 115 Å². The van der Waals surface area contributed by atoms with Crippen molar-refractivity contribution in [2.75, 3.05) is 0 Å². The third-order valence-electron chi connectivity index (χ3n) is 11.7. The summed E-state index contributed by atoms with van der Waals surface area (Å²) in [4.78, 5) is 10.7. The molecule has 0 fully saturated rings. The van der Waals surface area contributed by atoms with Crippen molar-refractivity contribution in [1.29, 1.82) is 0 Å². The van der Waals surface area contributed by atoms with Gasteiger partial charge in [0.05, 0.1) is 49.4 Å². The maximum Gasteiger partial charge on any atom is 0.416 e. The topological polar surface area (TPSA) is 47.0 Å². The number of benzene rings is 6. The molecule has 0 saturated carbocycles. The predicted molar refractivity (Wildman–Crippen MR) is 226 cm³/mol. The number of nitro benzene ring substituents is 1. The van der Waals surface area contributed by atoms with E-state index in [0.29, 0.717) is 11.9 Å². The molecule has 0 unspecified atom stereocenters. The third-order valence-corrected chi connectivity index (χ3v) is 11.7. The SMILES string of the molecule is FC(F)(F)c1cc([B-](c2cc(C(F)(F)F)cc(C(F)(F)F)c2)(c2cc(C(F)(F)F)cc(C(F)(F)F)c2)c2cc(C(F)(F)F)cc(C(F)(F)F)c2)cc(C(F)(F)F)c1.O=[N+]([O-])c1cccc2c1ccc[n+]2Cc1ccccc1. The van der Waals surface area contributed by atoms with Crippen molar-refractivity contribution in [1.82, 2.24) is 0 Å². The largest absolute Gasteiger partial charge is 0.416 e. The molecule has 0 bridgehead atoms. The molecule has 4 nitrogen and oxygen atoms in total. The monoisotopic (exact) mass is 1130 g/mol. The van der Waals surface area contributed by atoms with Crippen LogP contribution >= 0.6 is 0 Å². The second-order valence-electron chi connectivity index (χ2n) is 16.8. The Labute approximate surface area is 414 Å². The van der Waals surface area contributed by atoms with Gasteiger partial charge in [-0.3, -0.25) is 10.1 Å². The molecule has 77 heavy (non-hydrogen) atoms. The number of hydrogen-bond acceptors (Lipinski definition) is 2. The van der Waals surface area contributed by atoms with Crippen LogP contribution in [0.3, 0.4) is 0 Å². The number of pyridine rings is 1. The van der Waals surface area contributed by atoms with Gasteiger partial charge in [-0.1, -0.05) is 78.9 Å². The van der Waals surface area contributed by atoms with Gasteiger partial charge in [0.2, 0.25) is 5.52 Å². The van der Waals surface area contributed by atoms with Crippen LogP contribution in [-0.2, 0) is 56.0 Å². The second-order valence-corrected chi connectivity index (χ2v) is 16.8. The summed E-state index contributed by atoms with van der Waals surface area (Å²) in [7, 11) is 0. The minimum Gasteiger partial charge on any atom is -0.258 e. The highest BCUT2D eigenvalue weighted by Crippen LogP contribution is 2.41. The lowest BCUT2D eigenvalue weighted by Gasteiger charge is -2.46. The van der Waals surface area contributed by atoms with Crippen molar-refractivity contribution >= 4 is 44.6 Å². The van der Waals surface area contributed by atoms with Crippen LogP contribution in [0.2, 0.25) is 0 Å². The van der Waals surface area contributed by atoms with E-state index in [1.54, 1.807) is 12.1 Å². The number of nitrogens with zero attached hydrogens (tertiary/aromatic N) is 2. The fourth-order valence-corrected chi connectivity index (χ4v) is 8.43. The molecule has 0 amide bonds. The number of fused-ring (bicyclic) bond motifs is 1. The number of rotatable bonds is 7. The van der Waals surface area contributed by atoms with E-state index >= 15 is 0 Å². The lowest BCUT2D eigenvalue weighted by Crippen LogP contribution is -2.75. The van der Waals surface area contributed by atoms with Crippen LogP contribution < -0.4 is 26.4 Å². The van der Waals surface area contributed by atoms with Crippen LogP contribution in [0, 0.1) is 10.1 Å². The fourth-order valence-electron chi connectivity index (χ4n) is 8.43. The van der Waals surface area contributed by atoms with E-state index in [0.717, 1.165) is 11.1 Å². The maximum absolute atomic E-state index is 14.2. The van der Waals surface area contributed by atoms with Crippen molar-refractivity contribution in [3.8, 4) is 0 Å². The van der Waals surface area contributed by atoms with Gasteiger partial charge in [0.25, 0.3) is 5.69 Å². The van der Waals surface area contributed by atoms with E-state index in [1.807, 2.05) is 53.2 Å². The highest BCUT2D eigenvalue weighted by molar-refractivity contribution is 7.20. The average Bonchev–Trinajstić information content (AvgIpc) is 3.29. The summed E-state index contributed by atoms with van der Waals surface area (Å²) in [6.45, 7) is 0.694. The molecule has 1 heterocycles. The molecular weight excluding hydrogens is 1100 g/mol. The molecule has 0 aliphatic rings. The van der Waals surface area contributed by atoms with Crippen LogP contribution in [0.1, 0.15) is 50.1 Å². The molecule has 0 atom stereocenters. The highest BCUT2D eigenvalue weighted by atomic mass is 19.4. The molecule has 0 saturated heterocycles. The molecule has 0 aliphatic heterocycles. The standard InChI is InChI=1S/C32H12BF24.C16H13N2O2/c34-25(35,36)13-1-14(26(37,38)39)6-21(5-13)33(22-7-15(27(40,41)42)2-16(8-22)28(43,44)45,23-9-17(29(46,47)48)3-18(10-23)30(49,50)51)24-11-19(31(52,53)54)4-20(12-24)32(55,56)57;19-18(20)16-10-4-9-15-14(16)8-5-11-17(15)12-13-6-2-1-3-7-13/h1-12H;1-11H,12H2/q-1;+1. The van der Waals surface area contributed by atoms with Gasteiger partial charge in [-0.05, 0) is 36.4 Å². The third kappa shape index (κ3) is 13.0. The van der Waals surface area contributed by atoms with E-state index in [4.69, 9.17) is 0 Å². The Morgan fingerprint density at radius 3 is 0.909 bits per heavy atom. The molecule has 410 valence electrons. The number of aromatic nitrogens is 1. The first-order valence-electron chi connectivity index (χ1n) is 21.0. The number of hydrogen-bond donors (Lipinski definition) is 0. The van der Waals surface area contributed by atoms with Crippen LogP contribution in [0.5, 0.6) is 0 Å². The summed E-state index contributed by atoms with van der Waals surface area (Å²) in [5, 5.41) is 11.7. The van der Waals surface area contributed by atoms with Gasteiger partial charge in [0.1, 0.15) is 11.5 Å². The minimum absolute atomic E-state index is 0.143. The Morgan fingerprint density at radius 2 is 0.649 bits per heavy atom. The summed E-state index contributed by atoms with van der Waals surface area (Å²) in [5.74, 6) is 0. The predicted octanol–water partition coefficient (Wildman–Crippen LogP) is 14.3. The lowest BCUT2D eigenvalue weighted by atomic mass is 9.12. The molecule has 6 aromatic carbocycles. The zero-order valence-electron chi connectivity index (χ0n) is 37.3. The summed E-state index contributed by atoms with van der Waals surface area (Å²) in [5.41, 5.74) is -28.0. The van der Waals surface area contributed by atoms with E-state index < -0.39 is 195 Å². The van der Waals surface area contributed by atoms with E-state index in [2.05, 4.69) is 0 Å². The molecular formula is C48H25BF24N2O2. The van der Waals surface area contributed by atoms with Gasteiger partial charge in [-0.2, -0.15) is 132 Å². The van der Waals surface area contributed by atoms with Crippen molar-refractivity contribution in [2.45, 2.75) is 56.0 Å². The van der Waals surface area contributed by atoms with Crippen molar-refractivity contribution < 1.29 is 115 Å². The quantitative estimate of drug-likeness (QED) is 0.0525. The molecule has 7 rings (SSSR count). The van der Waals surface area contributed by atoms with Gasteiger partial charge in [-0.15, -0.1) is 0 Å². The lowest BCUT2D eigenvalue weighted by molar-refractivity contribution is -0.662. The summed E-state index contributed by atoms with van der Waals surface area (Å²) in [6.07, 6.45) is -52.9. The Kier molecular flexibility index (Phi) is 15.4. The first-order valence-corrected chi connectivity index (χ1v) is 21.0. The first-order chi connectivity index (χ1) is 35.0.